The van der Waals surface area contributed by atoms with Gasteiger partial charge in [0.15, 0.2) is 6.61 Å². The maximum Gasteiger partial charge on any atom is 0.262 e. The summed E-state index contributed by atoms with van der Waals surface area (Å²) in [6.07, 6.45) is 5.25. The van der Waals surface area contributed by atoms with Gasteiger partial charge in [-0.3, -0.25) is 9.59 Å². The number of hydrogen-bond acceptors (Lipinski definition) is 4. The van der Waals surface area contributed by atoms with Crippen LogP contribution in [0.3, 0.4) is 0 Å². The molecular weight excluding hydrogens is 284 g/mol. The molecule has 0 saturated heterocycles. The molecule has 0 aliphatic carbocycles. The highest BCUT2D eigenvalue weighted by Gasteiger charge is 2.18. The standard InChI is InChI=1S/C15H16N4O3/c1-10(7-19-5-4-16-9-19)17-15(21)11-2-3-12-13(6-11)22-8-14(20)18-12/h2-6,9-10H,7-8H2,1H3,(H,17,21)(H,18,20)/t10-/m0/s1. The van der Waals surface area contributed by atoms with Crippen LogP contribution in [0.2, 0.25) is 0 Å². The third-order valence-electron chi connectivity index (χ3n) is 3.30. The first-order valence-corrected chi connectivity index (χ1v) is 6.95. The van der Waals surface area contributed by atoms with E-state index in [1.54, 1.807) is 30.7 Å². The molecule has 22 heavy (non-hydrogen) atoms. The predicted octanol–water partition coefficient (Wildman–Crippen LogP) is 1.03. The van der Waals surface area contributed by atoms with Gasteiger partial charge in [0.1, 0.15) is 5.75 Å². The first kappa shape index (κ1) is 14.1. The van der Waals surface area contributed by atoms with Crippen LogP contribution in [0, 0.1) is 0 Å². The van der Waals surface area contributed by atoms with Gasteiger partial charge in [-0.25, -0.2) is 4.98 Å². The summed E-state index contributed by atoms with van der Waals surface area (Å²) < 4.78 is 7.21. The first-order chi connectivity index (χ1) is 10.6. The second kappa shape index (κ2) is 5.88. The number of ether oxygens (including phenoxy) is 1. The molecule has 1 atom stereocenters. The number of aromatic nitrogens is 2. The number of imidazole rings is 1. The highest BCUT2D eigenvalue weighted by molar-refractivity contribution is 5.99. The van der Waals surface area contributed by atoms with E-state index in [0.717, 1.165) is 0 Å². The lowest BCUT2D eigenvalue weighted by Gasteiger charge is -2.19. The number of benzene rings is 1. The molecule has 0 unspecified atom stereocenters. The Labute approximate surface area is 127 Å². The third-order valence-corrected chi connectivity index (χ3v) is 3.30. The minimum atomic E-state index is -0.196. The van der Waals surface area contributed by atoms with Crippen LogP contribution in [0.25, 0.3) is 0 Å². The molecule has 0 saturated carbocycles. The molecule has 1 aromatic carbocycles. The van der Waals surface area contributed by atoms with E-state index in [0.29, 0.717) is 23.5 Å². The quantitative estimate of drug-likeness (QED) is 0.883. The van der Waals surface area contributed by atoms with Crippen LogP contribution in [0.4, 0.5) is 5.69 Å². The van der Waals surface area contributed by atoms with Gasteiger partial charge in [-0.05, 0) is 25.1 Å². The van der Waals surface area contributed by atoms with Crippen molar-refractivity contribution in [1.29, 1.82) is 0 Å². The average Bonchev–Trinajstić information content (AvgIpc) is 2.99. The minimum absolute atomic E-state index is 0.0326. The van der Waals surface area contributed by atoms with Crippen molar-refractivity contribution >= 4 is 17.5 Å². The zero-order valence-corrected chi connectivity index (χ0v) is 12.1. The number of amides is 2. The topological polar surface area (TPSA) is 85.2 Å². The molecule has 0 spiro atoms. The van der Waals surface area contributed by atoms with Crippen molar-refractivity contribution in [3.8, 4) is 5.75 Å². The first-order valence-electron chi connectivity index (χ1n) is 6.95. The number of hydrogen-bond donors (Lipinski definition) is 2. The Morgan fingerprint density at radius 3 is 3.18 bits per heavy atom. The summed E-state index contributed by atoms with van der Waals surface area (Å²) >= 11 is 0. The zero-order chi connectivity index (χ0) is 15.5. The van der Waals surface area contributed by atoms with Crippen molar-refractivity contribution in [1.82, 2.24) is 14.9 Å². The molecule has 2 amide bonds. The van der Waals surface area contributed by atoms with Gasteiger partial charge in [0.25, 0.3) is 11.8 Å². The van der Waals surface area contributed by atoms with E-state index >= 15 is 0 Å². The van der Waals surface area contributed by atoms with Crippen LogP contribution < -0.4 is 15.4 Å². The molecule has 7 nitrogen and oxygen atoms in total. The number of nitrogens with zero attached hydrogens (tertiary/aromatic N) is 2. The number of fused-ring (bicyclic) bond motifs is 1. The Morgan fingerprint density at radius 1 is 1.55 bits per heavy atom. The van der Waals surface area contributed by atoms with E-state index in [1.165, 1.54) is 0 Å². The van der Waals surface area contributed by atoms with E-state index in [-0.39, 0.29) is 24.5 Å². The summed E-state index contributed by atoms with van der Waals surface area (Å²) in [5, 5.41) is 5.61. The Balaban J connectivity index is 1.66. The Morgan fingerprint density at radius 2 is 2.41 bits per heavy atom. The molecule has 7 heteroatoms. The summed E-state index contributed by atoms with van der Waals surface area (Å²) in [5.41, 5.74) is 1.08. The van der Waals surface area contributed by atoms with E-state index in [9.17, 15) is 9.59 Å². The lowest BCUT2D eigenvalue weighted by atomic mass is 10.1. The molecule has 2 N–H and O–H groups in total. The van der Waals surface area contributed by atoms with Gasteiger partial charge in [-0.2, -0.15) is 0 Å². The van der Waals surface area contributed by atoms with Gasteiger partial charge in [0.2, 0.25) is 0 Å². The van der Waals surface area contributed by atoms with E-state index < -0.39 is 0 Å². The number of anilines is 1. The van der Waals surface area contributed by atoms with Crippen molar-refractivity contribution in [3.05, 3.63) is 42.5 Å². The van der Waals surface area contributed by atoms with Crippen LogP contribution >= 0.6 is 0 Å². The lowest BCUT2D eigenvalue weighted by molar-refractivity contribution is -0.118. The average molecular weight is 300 g/mol. The van der Waals surface area contributed by atoms with Crippen molar-refractivity contribution in [3.63, 3.8) is 0 Å². The van der Waals surface area contributed by atoms with Crippen LogP contribution in [0.5, 0.6) is 5.75 Å². The molecule has 1 aromatic heterocycles. The summed E-state index contributed by atoms with van der Waals surface area (Å²) in [6, 6.07) is 4.92. The van der Waals surface area contributed by atoms with Gasteiger partial charge in [-0.1, -0.05) is 0 Å². The number of carbonyl (C=O) groups is 2. The number of nitrogens with one attached hydrogen (secondary N) is 2. The summed E-state index contributed by atoms with van der Waals surface area (Å²) in [5.74, 6) is 0.129. The highest BCUT2D eigenvalue weighted by Crippen LogP contribution is 2.28. The molecule has 0 radical (unpaired) electrons. The summed E-state index contributed by atoms with van der Waals surface area (Å²) in [4.78, 5) is 27.4. The van der Waals surface area contributed by atoms with Crippen LogP contribution in [0.15, 0.2) is 36.9 Å². The van der Waals surface area contributed by atoms with Crippen LogP contribution in [-0.4, -0.2) is 34.0 Å². The Bertz CT molecular complexity index is 697. The second-order valence-corrected chi connectivity index (χ2v) is 5.18. The largest absolute Gasteiger partial charge is 0.482 e. The fourth-order valence-electron chi connectivity index (χ4n) is 2.28. The van der Waals surface area contributed by atoms with Gasteiger partial charge >= 0.3 is 0 Å². The van der Waals surface area contributed by atoms with Gasteiger partial charge in [0.05, 0.1) is 12.0 Å². The summed E-state index contributed by atoms with van der Waals surface area (Å²) in [6.45, 7) is 2.53. The Hall–Kier alpha value is -2.83. The summed E-state index contributed by atoms with van der Waals surface area (Å²) in [7, 11) is 0. The molecular formula is C15H16N4O3. The van der Waals surface area contributed by atoms with Crippen molar-refractivity contribution in [2.24, 2.45) is 0 Å². The van der Waals surface area contributed by atoms with Crippen molar-refractivity contribution in [2.75, 3.05) is 11.9 Å². The van der Waals surface area contributed by atoms with Crippen LogP contribution in [-0.2, 0) is 11.3 Å². The third kappa shape index (κ3) is 3.08. The maximum absolute atomic E-state index is 12.3. The fourth-order valence-corrected chi connectivity index (χ4v) is 2.28. The van der Waals surface area contributed by atoms with Gasteiger partial charge in [-0.15, -0.1) is 0 Å². The smallest absolute Gasteiger partial charge is 0.262 e. The molecule has 114 valence electrons. The molecule has 1 aliphatic rings. The van der Waals surface area contributed by atoms with E-state index in [4.69, 9.17) is 4.74 Å². The number of rotatable bonds is 4. The lowest BCUT2D eigenvalue weighted by Crippen LogP contribution is -2.35. The zero-order valence-electron chi connectivity index (χ0n) is 12.1. The predicted molar refractivity (Wildman–Crippen MR) is 79.7 cm³/mol. The van der Waals surface area contributed by atoms with Gasteiger partial charge < -0.3 is 19.9 Å². The Kier molecular flexibility index (Phi) is 3.78. The van der Waals surface area contributed by atoms with E-state index in [1.807, 2.05) is 17.7 Å². The SMILES string of the molecule is C[C@@H](Cn1ccnc1)NC(=O)c1ccc2c(c1)OCC(=O)N2. The minimum Gasteiger partial charge on any atom is -0.482 e. The maximum atomic E-state index is 12.3. The molecule has 3 rings (SSSR count). The molecule has 2 heterocycles. The number of carbonyl (C=O) groups excluding carboxylic acids is 2. The second-order valence-electron chi connectivity index (χ2n) is 5.18. The molecule has 2 aromatic rings. The van der Waals surface area contributed by atoms with Gasteiger partial charge in [0, 0.05) is 30.5 Å². The van der Waals surface area contributed by atoms with Crippen molar-refractivity contribution < 1.29 is 14.3 Å². The molecule has 0 bridgehead atoms. The monoisotopic (exact) mass is 300 g/mol. The van der Waals surface area contributed by atoms with Crippen LogP contribution in [0.1, 0.15) is 17.3 Å². The van der Waals surface area contributed by atoms with Crippen molar-refractivity contribution in [2.45, 2.75) is 19.5 Å². The molecule has 1 aliphatic heterocycles. The fraction of sp³-hybridized carbons (Fsp3) is 0.267. The highest BCUT2D eigenvalue weighted by atomic mass is 16.5. The molecule has 0 fully saturated rings. The normalized spacial score (nSPS) is 14.5. The van der Waals surface area contributed by atoms with E-state index in [2.05, 4.69) is 15.6 Å².